The minimum atomic E-state index is 0.539. The van der Waals surface area contributed by atoms with Gasteiger partial charge in [0.1, 0.15) is 5.75 Å². The molecule has 0 amide bonds. The Balaban J connectivity index is 2.33. The summed E-state index contributed by atoms with van der Waals surface area (Å²) in [6.45, 7) is 2.94. The maximum Gasteiger partial charge on any atom is 0.170 e. The van der Waals surface area contributed by atoms with Gasteiger partial charge in [0.15, 0.2) is 11.5 Å². The Morgan fingerprint density at radius 2 is 1.96 bits per heavy atom. The van der Waals surface area contributed by atoms with E-state index in [1.165, 1.54) is 0 Å². The van der Waals surface area contributed by atoms with E-state index >= 15 is 0 Å². The molecule has 0 radical (unpaired) electrons. The van der Waals surface area contributed by atoms with Crippen molar-refractivity contribution in [1.29, 1.82) is 0 Å². The zero-order chi connectivity index (χ0) is 16.8. The van der Waals surface area contributed by atoms with Crippen molar-refractivity contribution in [2.24, 2.45) is 4.99 Å². The molecule has 2 aromatic rings. The summed E-state index contributed by atoms with van der Waals surface area (Å²) in [6.07, 6.45) is 1.77. The van der Waals surface area contributed by atoms with Crippen LogP contribution in [0.3, 0.4) is 0 Å². The molecule has 0 saturated heterocycles. The molecule has 0 saturated carbocycles. The summed E-state index contributed by atoms with van der Waals surface area (Å²) in [5.74, 6) is 1.72. The molecular formula is C17H18BrClN2O2. The molecule has 4 nitrogen and oxygen atoms in total. The lowest BCUT2D eigenvalue weighted by Crippen LogP contribution is -2.14. The minimum absolute atomic E-state index is 0.539. The van der Waals surface area contributed by atoms with Gasteiger partial charge in [-0.05, 0) is 35.0 Å². The van der Waals surface area contributed by atoms with E-state index in [-0.39, 0.29) is 0 Å². The van der Waals surface area contributed by atoms with Crippen molar-refractivity contribution in [2.45, 2.75) is 6.92 Å². The van der Waals surface area contributed by atoms with E-state index < -0.39 is 0 Å². The summed E-state index contributed by atoms with van der Waals surface area (Å²) in [4.78, 5) is 6.42. The zero-order valence-electron chi connectivity index (χ0n) is 13.2. The lowest BCUT2D eigenvalue weighted by molar-refractivity contribution is 0.379. The molecular weight excluding hydrogens is 380 g/mol. The molecule has 0 aromatic heterocycles. The fourth-order valence-corrected chi connectivity index (χ4v) is 2.35. The summed E-state index contributed by atoms with van der Waals surface area (Å²) in [6, 6.07) is 10.9. The number of rotatable bonds is 6. The lowest BCUT2D eigenvalue weighted by atomic mass is 10.2. The molecule has 0 aliphatic heterocycles. The highest BCUT2D eigenvalue weighted by Crippen LogP contribution is 2.41. The van der Waals surface area contributed by atoms with Gasteiger partial charge in [-0.25, -0.2) is 4.99 Å². The molecule has 0 bridgehead atoms. The van der Waals surface area contributed by atoms with Gasteiger partial charge >= 0.3 is 0 Å². The van der Waals surface area contributed by atoms with Crippen LogP contribution in [-0.2, 0) is 0 Å². The first-order chi connectivity index (χ1) is 11.0. The first kappa shape index (κ1) is 17.6. The molecule has 6 heteroatoms. The number of hydrogen-bond acceptors (Lipinski definition) is 3. The van der Waals surface area contributed by atoms with Crippen molar-refractivity contribution in [3.63, 3.8) is 0 Å². The maximum atomic E-state index is 6.13. The lowest BCUT2D eigenvalue weighted by Gasteiger charge is -2.13. The molecule has 2 aromatic carbocycles. The second-order valence-corrected chi connectivity index (χ2v) is 6.07. The fourth-order valence-electron chi connectivity index (χ4n) is 1.75. The van der Waals surface area contributed by atoms with Crippen molar-refractivity contribution < 1.29 is 9.47 Å². The topological polar surface area (TPSA) is 34.1 Å². The summed E-state index contributed by atoms with van der Waals surface area (Å²) < 4.78 is 12.1. The zero-order valence-corrected chi connectivity index (χ0v) is 15.6. The van der Waals surface area contributed by atoms with Gasteiger partial charge in [0.05, 0.1) is 24.2 Å². The van der Waals surface area contributed by atoms with Gasteiger partial charge < -0.3 is 14.4 Å². The summed E-state index contributed by atoms with van der Waals surface area (Å²) >= 11 is 9.65. The van der Waals surface area contributed by atoms with Crippen LogP contribution < -0.4 is 9.47 Å². The van der Waals surface area contributed by atoms with Crippen molar-refractivity contribution in [3.8, 4) is 17.2 Å². The van der Waals surface area contributed by atoms with E-state index in [0.717, 1.165) is 16.7 Å². The first-order valence-electron chi connectivity index (χ1n) is 7.09. The summed E-state index contributed by atoms with van der Waals surface area (Å²) in [7, 11) is 3.55. The molecule has 0 fully saturated rings. The third-order valence-electron chi connectivity index (χ3n) is 3.18. The van der Waals surface area contributed by atoms with Crippen LogP contribution in [0.25, 0.3) is 0 Å². The Morgan fingerprint density at radius 1 is 1.22 bits per heavy atom. The quantitative estimate of drug-likeness (QED) is 0.476. The molecule has 0 aliphatic carbocycles. The van der Waals surface area contributed by atoms with Crippen LogP contribution in [0.15, 0.2) is 45.9 Å². The van der Waals surface area contributed by atoms with E-state index in [4.69, 9.17) is 21.1 Å². The third kappa shape index (κ3) is 4.62. The largest absolute Gasteiger partial charge is 0.493 e. The second-order valence-electron chi connectivity index (χ2n) is 4.80. The Labute approximate surface area is 149 Å². The Hall–Kier alpha value is -1.72. The number of halogens is 2. The average Bonchev–Trinajstić information content (AvgIpc) is 2.55. The predicted octanol–water partition coefficient (Wildman–Crippen LogP) is 5.51. The smallest absolute Gasteiger partial charge is 0.170 e. The number of nitrogens with zero attached hydrogens (tertiary/aromatic N) is 2. The van der Waals surface area contributed by atoms with Gasteiger partial charge in [0.2, 0.25) is 0 Å². The highest BCUT2D eigenvalue weighted by molar-refractivity contribution is 9.10. The standard InChI is InChI=1S/C17H18BrClN2O2/c1-4-21(2)11-20-14-10-16(22-3)17(9-12(14)18)23-15-8-6-5-7-13(15)19/h5-11H,4H2,1-3H3. The maximum absolute atomic E-state index is 6.13. The number of ether oxygens (including phenoxy) is 2. The van der Waals surface area contributed by atoms with E-state index in [1.54, 1.807) is 25.6 Å². The summed E-state index contributed by atoms with van der Waals surface area (Å²) in [5, 5.41) is 0.539. The van der Waals surface area contributed by atoms with Crippen molar-refractivity contribution in [3.05, 3.63) is 45.9 Å². The summed E-state index contributed by atoms with van der Waals surface area (Å²) in [5.41, 5.74) is 0.758. The van der Waals surface area contributed by atoms with Crippen LogP contribution in [0.1, 0.15) is 6.92 Å². The fraction of sp³-hybridized carbons (Fsp3) is 0.235. The van der Waals surface area contributed by atoms with Crippen LogP contribution in [-0.4, -0.2) is 31.9 Å². The number of aliphatic imine (C=N–C) groups is 1. The minimum Gasteiger partial charge on any atom is -0.493 e. The van der Waals surface area contributed by atoms with Crippen molar-refractivity contribution in [1.82, 2.24) is 4.90 Å². The van der Waals surface area contributed by atoms with E-state index in [9.17, 15) is 0 Å². The highest BCUT2D eigenvalue weighted by atomic mass is 79.9. The van der Waals surface area contributed by atoms with E-state index in [0.29, 0.717) is 22.3 Å². The molecule has 0 heterocycles. The molecule has 23 heavy (non-hydrogen) atoms. The van der Waals surface area contributed by atoms with E-state index in [1.807, 2.05) is 36.2 Å². The average molecular weight is 398 g/mol. The number of hydrogen-bond donors (Lipinski definition) is 0. The van der Waals surface area contributed by atoms with Gasteiger partial charge in [-0.3, -0.25) is 0 Å². The number of methoxy groups -OCH3 is 1. The van der Waals surface area contributed by atoms with Crippen LogP contribution in [0, 0.1) is 0 Å². The van der Waals surface area contributed by atoms with Gasteiger partial charge in [-0.2, -0.15) is 0 Å². The molecule has 2 rings (SSSR count). The second kappa shape index (κ2) is 8.22. The van der Waals surface area contributed by atoms with Crippen LogP contribution in [0.2, 0.25) is 5.02 Å². The van der Waals surface area contributed by atoms with Crippen LogP contribution in [0.5, 0.6) is 17.2 Å². The highest BCUT2D eigenvalue weighted by Gasteiger charge is 2.12. The number of para-hydroxylation sites is 1. The number of benzene rings is 2. The van der Waals surface area contributed by atoms with E-state index in [2.05, 4.69) is 27.8 Å². The van der Waals surface area contributed by atoms with Crippen molar-refractivity contribution >= 4 is 39.6 Å². The third-order valence-corrected chi connectivity index (χ3v) is 4.13. The molecule has 0 spiro atoms. The normalized spacial score (nSPS) is 10.8. The monoisotopic (exact) mass is 396 g/mol. The van der Waals surface area contributed by atoms with Gasteiger partial charge in [-0.1, -0.05) is 23.7 Å². The van der Waals surface area contributed by atoms with Crippen molar-refractivity contribution in [2.75, 3.05) is 20.7 Å². The van der Waals surface area contributed by atoms with Gasteiger partial charge in [0.25, 0.3) is 0 Å². The molecule has 0 unspecified atom stereocenters. The molecule has 0 atom stereocenters. The van der Waals surface area contributed by atoms with Crippen LogP contribution >= 0.6 is 27.5 Å². The van der Waals surface area contributed by atoms with Crippen LogP contribution in [0.4, 0.5) is 5.69 Å². The Kier molecular flexibility index (Phi) is 6.30. The molecule has 122 valence electrons. The predicted molar refractivity (Wildman–Crippen MR) is 98.7 cm³/mol. The van der Waals surface area contributed by atoms with Gasteiger partial charge in [0, 0.05) is 30.2 Å². The molecule has 0 N–H and O–H groups in total. The SMILES string of the molecule is CCN(C)C=Nc1cc(OC)c(Oc2ccccc2Cl)cc1Br. The Morgan fingerprint density at radius 3 is 2.61 bits per heavy atom. The first-order valence-corrected chi connectivity index (χ1v) is 8.26. The Bertz CT molecular complexity index is 707. The molecule has 0 aliphatic rings. The van der Waals surface area contributed by atoms with Gasteiger partial charge in [-0.15, -0.1) is 0 Å².